The van der Waals surface area contributed by atoms with Crippen molar-refractivity contribution in [2.45, 2.75) is 31.5 Å². The number of para-hydroxylation sites is 1. The second kappa shape index (κ2) is 6.63. The summed E-state index contributed by atoms with van der Waals surface area (Å²) in [5.74, 6) is 0.208. The maximum Gasteiger partial charge on any atom is 0.120 e. The van der Waals surface area contributed by atoms with Crippen LogP contribution in [0.4, 0.5) is 0 Å². The smallest absolute Gasteiger partial charge is 0.120 e. The van der Waals surface area contributed by atoms with Crippen LogP contribution in [0.15, 0.2) is 59.8 Å². The van der Waals surface area contributed by atoms with E-state index in [1.54, 1.807) is 19.1 Å². The van der Waals surface area contributed by atoms with E-state index in [0.717, 1.165) is 11.1 Å². The van der Waals surface area contributed by atoms with Crippen molar-refractivity contribution in [2.24, 2.45) is 5.16 Å². The summed E-state index contributed by atoms with van der Waals surface area (Å²) in [5, 5.41) is 33.5. The first-order valence-corrected chi connectivity index (χ1v) is 8.01. The molecule has 0 aliphatic carbocycles. The van der Waals surface area contributed by atoms with E-state index in [-0.39, 0.29) is 11.8 Å². The molecule has 0 radical (unpaired) electrons. The second-order valence-electron chi connectivity index (χ2n) is 6.49. The van der Waals surface area contributed by atoms with Crippen molar-refractivity contribution >= 4 is 5.71 Å². The van der Waals surface area contributed by atoms with E-state index >= 15 is 0 Å². The molecule has 1 fully saturated rings. The van der Waals surface area contributed by atoms with E-state index in [2.05, 4.69) is 10.1 Å². The molecule has 0 spiro atoms. The van der Waals surface area contributed by atoms with Gasteiger partial charge >= 0.3 is 0 Å². The van der Waals surface area contributed by atoms with Crippen molar-refractivity contribution < 1.29 is 15.4 Å². The van der Waals surface area contributed by atoms with Crippen LogP contribution in [0.2, 0.25) is 0 Å². The molecule has 24 heavy (non-hydrogen) atoms. The Labute approximate surface area is 141 Å². The molecule has 0 bridgehead atoms. The summed E-state index contributed by atoms with van der Waals surface area (Å²) < 4.78 is 0. The highest BCUT2D eigenvalue weighted by Crippen LogP contribution is 2.38. The molecular weight excluding hydrogens is 304 g/mol. The van der Waals surface area contributed by atoms with Crippen LogP contribution >= 0.6 is 0 Å². The number of nitrogens with zero attached hydrogens (tertiary/aromatic N) is 2. The minimum Gasteiger partial charge on any atom is -0.508 e. The Balaban J connectivity index is 1.96. The summed E-state index contributed by atoms with van der Waals surface area (Å²) in [6, 6.07) is 17.0. The van der Waals surface area contributed by atoms with Crippen molar-refractivity contribution in [3.8, 4) is 5.75 Å². The van der Waals surface area contributed by atoms with Crippen LogP contribution in [0, 0.1) is 0 Å². The molecule has 0 amide bonds. The lowest BCUT2D eigenvalue weighted by Gasteiger charge is -2.43. The zero-order chi connectivity index (χ0) is 17.2. The summed E-state index contributed by atoms with van der Waals surface area (Å²) in [6.45, 7) is 2.61. The van der Waals surface area contributed by atoms with Crippen molar-refractivity contribution in [1.82, 2.24) is 4.90 Å². The average molecular weight is 326 g/mol. The molecule has 2 aromatic carbocycles. The fourth-order valence-corrected chi connectivity index (χ4v) is 3.34. The van der Waals surface area contributed by atoms with Crippen molar-refractivity contribution in [3.63, 3.8) is 0 Å². The van der Waals surface area contributed by atoms with Crippen LogP contribution in [0.25, 0.3) is 0 Å². The van der Waals surface area contributed by atoms with Gasteiger partial charge < -0.3 is 15.4 Å². The Morgan fingerprint density at radius 1 is 1.12 bits per heavy atom. The van der Waals surface area contributed by atoms with E-state index in [4.69, 9.17) is 0 Å². The predicted molar refractivity (Wildman–Crippen MR) is 92.2 cm³/mol. The van der Waals surface area contributed by atoms with Gasteiger partial charge in [0.1, 0.15) is 11.4 Å². The quantitative estimate of drug-likeness (QED) is 0.599. The summed E-state index contributed by atoms with van der Waals surface area (Å²) in [4.78, 5) is 2.11. The molecule has 126 valence electrons. The molecule has 2 aromatic rings. The van der Waals surface area contributed by atoms with Gasteiger partial charge in [-0.15, -0.1) is 0 Å². The van der Waals surface area contributed by atoms with Gasteiger partial charge in [-0.25, -0.2) is 0 Å². The third-order valence-electron chi connectivity index (χ3n) is 4.61. The Bertz CT molecular complexity index is 728. The van der Waals surface area contributed by atoms with Gasteiger partial charge in [0.25, 0.3) is 0 Å². The van der Waals surface area contributed by atoms with Gasteiger partial charge in [-0.3, -0.25) is 4.90 Å². The highest BCUT2D eigenvalue weighted by molar-refractivity contribution is 5.93. The topological polar surface area (TPSA) is 76.3 Å². The molecule has 1 heterocycles. The van der Waals surface area contributed by atoms with Crippen LogP contribution in [0.5, 0.6) is 5.75 Å². The molecule has 5 nitrogen and oxygen atoms in total. The zero-order valence-corrected chi connectivity index (χ0v) is 13.6. The summed E-state index contributed by atoms with van der Waals surface area (Å²) in [7, 11) is 0. The number of rotatable bonds is 3. The van der Waals surface area contributed by atoms with Gasteiger partial charge in [-0.1, -0.05) is 53.7 Å². The fraction of sp³-hybridized carbons (Fsp3) is 0.316. The number of hydrogen-bond donors (Lipinski definition) is 3. The number of likely N-dealkylation sites (tertiary alicyclic amines) is 1. The van der Waals surface area contributed by atoms with Crippen LogP contribution in [-0.4, -0.2) is 38.2 Å². The number of aliphatic hydroxyl groups is 1. The van der Waals surface area contributed by atoms with E-state index in [0.29, 0.717) is 25.2 Å². The number of phenols is 1. The van der Waals surface area contributed by atoms with Crippen molar-refractivity contribution in [2.75, 3.05) is 6.54 Å². The van der Waals surface area contributed by atoms with E-state index < -0.39 is 5.60 Å². The number of phenolic OH excluding ortho intramolecular Hbond substituents is 1. The number of β-amino-alcohol motifs (C(OH)–C–C–N with tert-alkyl or cyclic N) is 1. The molecule has 3 rings (SSSR count). The molecule has 2 atom stereocenters. The first-order chi connectivity index (χ1) is 11.5. The SMILES string of the molecule is CC1(O)CN(Cc2ccccc2)C(c2ccccc2O)CC1=NO. The first kappa shape index (κ1) is 16.5. The van der Waals surface area contributed by atoms with Gasteiger partial charge in [0.2, 0.25) is 0 Å². The number of hydrogen-bond acceptors (Lipinski definition) is 5. The normalized spacial score (nSPS) is 26.6. The lowest BCUT2D eigenvalue weighted by molar-refractivity contribution is 0.0284. The Hall–Kier alpha value is -2.37. The van der Waals surface area contributed by atoms with Crippen LogP contribution in [0.1, 0.15) is 30.5 Å². The molecule has 1 saturated heterocycles. The van der Waals surface area contributed by atoms with Crippen LogP contribution < -0.4 is 0 Å². The molecule has 3 N–H and O–H groups in total. The van der Waals surface area contributed by atoms with E-state index in [1.165, 1.54) is 0 Å². The monoisotopic (exact) mass is 326 g/mol. The maximum absolute atomic E-state index is 10.6. The zero-order valence-electron chi connectivity index (χ0n) is 13.6. The fourth-order valence-electron chi connectivity index (χ4n) is 3.34. The van der Waals surface area contributed by atoms with Crippen molar-refractivity contribution in [3.05, 3.63) is 65.7 Å². The standard InChI is InChI=1S/C19H22N2O3/c1-19(23)13-21(12-14-7-3-2-4-8-14)16(11-18(19)20-24)15-9-5-6-10-17(15)22/h2-10,16,22-24H,11-13H2,1H3. The number of piperidine rings is 1. The minimum atomic E-state index is -1.20. The van der Waals surface area contributed by atoms with Gasteiger partial charge in [-0.2, -0.15) is 0 Å². The third-order valence-corrected chi connectivity index (χ3v) is 4.61. The Morgan fingerprint density at radius 2 is 1.79 bits per heavy atom. The van der Waals surface area contributed by atoms with Gasteiger partial charge in [0.05, 0.1) is 5.71 Å². The number of oxime groups is 1. The largest absolute Gasteiger partial charge is 0.508 e. The molecule has 5 heteroatoms. The van der Waals surface area contributed by atoms with Crippen LogP contribution in [0.3, 0.4) is 0 Å². The van der Waals surface area contributed by atoms with Gasteiger partial charge in [-0.05, 0) is 18.6 Å². The summed E-state index contributed by atoms with van der Waals surface area (Å²) in [6.07, 6.45) is 0.355. The lowest BCUT2D eigenvalue weighted by Crippen LogP contribution is -2.53. The summed E-state index contributed by atoms with van der Waals surface area (Å²) >= 11 is 0. The maximum atomic E-state index is 10.6. The second-order valence-corrected chi connectivity index (χ2v) is 6.49. The first-order valence-electron chi connectivity index (χ1n) is 8.01. The lowest BCUT2D eigenvalue weighted by atomic mass is 9.84. The number of aromatic hydroxyl groups is 1. The molecule has 1 aliphatic rings. The number of benzene rings is 2. The molecule has 0 aromatic heterocycles. The van der Waals surface area contributed by atoms with Crippen LogP contribution in [-0.2, 0) is 6.54 Å². The Morgan fingerprint density at radius 3 is 2.46 bits per heavy atom. The van der Waals surface area contributed by atoms with E-state index in [9.17, 15) is 15.4 Å². The van der Waals surface area contributed by atoms with Gasteiger partial charge in [0.15, 0.2) is 0 Å². The van der Waals surface area contributed by atoms with E-state index in [1.807, 2.05) is 42.5 Å². The molecule has 0 saturated carbocycles. The average Bonchev–Trinajstić information content (AvgIpc) is 2.56. The highest BCUT2D eigenvalue weighted by atomic mass is 16.4. The molecule has 1 aliphatic heterocycles. The third kappa shape index (κ3) is 3.27. The highest BCUT2D eigenvalue weighted by Gasteiger charge is 2.41. The predicted octanol–water partition coefficient (Wildman–Crippen LogP) is 2.92. The minimum absolute atomic E-state index is 0.169. The molecule has 2 unspecified atom stereocenters. The van der Waals surface area contributed by atoms with Crippen molar-refractivity contribution in [1.29, 1.82) is 0 Å². The summed E-state index contributed by atoms with van der Waals surface area (Å²) in [5.41, 5.74) is 1.02. The van der Waals surface area contributed by atoms with Gasteiger partial charge in [0, 0.05) is 31.1 Å². The molecular formula is C19H22N2O3. The Kier molecular flexibility index (Phi) is 4.55.